The summed E-state index contributed by atoms with van der Waals surface area (Å²) >= 11 is 0. The Kier molecular flexibility index (Phi) is 9.66. The summed E-state index contributed by atoms with van der Waals surface area (Å²) < 4.78 is 48.2. The third kappa shape index (κ3) is 7.11. The molecule has 2 amide bonds. The van der Waals surface area contributed by atoms with Gasteiger partial charge in [-0.25, -0.2) is 22.6 Å². The lowest BCUT2D eigenvalue weighted by Crippen LogP contribution is -2.52. The minimum absolute atomic E-state index is 0.0375. The van der Waals surface area contributed by atoms with Crippen LogP contribution in [-0.4, -0.2) is 78.7 Å². The van der Waals surface area contributed by atoms with Gasteiger partial charge in [0.2, 0.25) is 10.0 Å². The summed E-state index contributed by atoms with van der Waals surface area (Å²) in [7, 11) is -2.30. The lowest BCUT2D eigenvalue weighted by Gasteiger charge is -2.37. The number of benzene rings is 1. The summed E-state index contributed by atoms with van der Waals surface area (Å²) in [6, 6.07) is 6.59. The molecule has 4 rings (SSSR count). The molecule has 1 saturated carbocycles. The summed E-state index contributed by atoms with van der Waals surface area (Å²) in [5.41, 5.74) is 0.846. The van der Waals surface area contributed by atoms with E-state index >= 15 is 0 Å². The topological polar surface area (TPSA) is 112 Å². The summed E-state index contributed by atoms with van der Waals surface area (Å²) in [5.74, 6) is 5.12. The minimum Gasteiger partial charge on any atom is -0.487 e. The molecule has 2 aliphatic rings. The Morgan fingerprint density at radius 1 is 1.25 bits per heavy atom. The second kappa shape index (κ2) is 13.0. The maximum absolute atomic E-state index is 13.7. The second-order valence-electron chi connectivity index (χ2n) is 10.7. The number of nitrogens with one attached hydrogen (secondary N) is 1. The van der Waals surface area contributed by atoms with Crippen molar-refractivity contribution in [1.82, 2.24) is 19.5 Å². The van der Waals surface area contributed by atoms with Crippen molar-refractivity contribution in [3.8, 4) is 17.6 Å². The maximum atomic E-state index is 13.7. The van der Waals surface area contributed by atoms with Crippen molar-refractivity contribution < 1.29 is 27.4 Å². The normalized spacial score (nSPS) is 21.9. The number of fused-ring (bicyclic) bond motifs is 1. The first-order valence-corrected chi connectivity index (χ1v) is 15.1. The zero-order valence-corrected chi connectivity index (χ0v) is 24.0. The molecular weight excluding hydrogens is 535 g/mol. The SMILES string of the molecule is C[C@@H]1CN([C@@H](C)CO)S(=O)(=O)c2ccc(C#Cc3ccc(F)cn3)cc2O[C@H]1CN(C)C(=O)NC1CCCCC1. The van der Waals surface area contributed by atoms with Gasteiger partial charge in [0, 0.05) is 37.2 Å². The molecule has 1 fully saturated rings. The fourth-order valence-electron chi connectivity index (χ4n) is 4.99. The van der Waals surface area contributed by atoms with Crippen LogP contribution in [0.1, 0.15) is 57.2 Å². The maximum Gasteiger partial charge on any atom is 0.317 e. The molecule has 0 spiro atoms. The number of hydrogen-bond donors (Lipinski definition) is 2. The van der Waals surface area contributed by atoms with Crippen LogP contribution in [-0.2, 0) is 10.0 Å². The Balaban J connectivity index is 1.64. The number of rotatable bonds is 5. The molecule has 2 N–H and O–H groups in total. The number of ether oxygens (including phenoxy) is 1. The van der Waals surface area contributed by atoms with Gasteiger partial charge < -0.3 is 20.1 Å². The number of aliphatic hydroxyl groups excluding tert-OH is 1. The van der Waals surface area contributed by atoms with Gasteiger partial charge in [0.1, 0.15) is 28.3 Å². The fraction of sp³-hybridized carbons (Fsp3) is 0.517. The first kappa shape index (κ1) is 29.8. The van der Waals surface area contributed by atoms with Crippen molar-refractivity contribution in [3.05, 3.63) is 53.6 Å². The van der Waals surface area contributed by atoms with E-state index < -0.39 is 28.0 Å². The number of amides is 2. The van der Waals surface area contributed by atoms with Gasteiger partial charge in [0.05, 0.1) is 19.3 Å². The lowest BCUT2D eigenvalue weighted by atomic mass is 9.96. The first-order chi connectivity index (χ1) is 19.1. The van der Waals surface area contributed by atoms with E-state index in [9.17, 15) is 22.7 Å². The molecule has 2 heterocycles. The molecule has 40 heavy (non-hydrogen) atoms. The quantitative estimate of drug-likeness (QED) is 0.532. The molecule has 11 heteroatoms. The van der Waals surface area contributed by atoms with E-state index in [0.29, 0.717) is 11.3 Å². The van der Waals surface area contributed by atoms with Gasteiger partial charge in [-0.2, -0.15) is 4.31 Å². The molecule has 1 aliphatic carbocycles. The summed E-state index contributed by atoms with van der Waals surface area (Å²) in [4.78, 5) is 18.5. The molecule has 3 atom stereocenters. The Morgan fingerprint density at radius 2 is 2.00 bits per heavy atom. The van der Waals surface area contributed by atoms with Crippen LogP contribution in [0.2, 0.25) is 0 Å². The van der Waals surface area contributed by atoms with Crippen molar-refractivity contribution in [1.29, 1.82) is 0 Å². The van der Waals surface area contributed by atoms with Crippen LogP contribution < -0.4 is 10.1 Å². The number of hydrogen-bond acceptors (Lipinski definition) is 6. The third-order valence-corrected chi connectivity index (χ3v) is 9.48. The highest BCUT2D eigenvalue weighted by atomic mass is 32.2. The van der Waals surface area contributed by atoms with Crippen LogP contribution in [0, 0.1) is 23.6 Å². The predicted molar refractivity (Wildman–Crippen MR) is 149 cm³/mol. The molecule has 2 aromatic rings. The second-order valence-corrected chi connectivity index (χ2v) is 12.5. The van der Waals surface area contributed by atoms with Crippen molar-refractivity contribution in [2.45, 2.75) is 69.0 Å². The van der Waals surface area contributed by atoms with Crippen LogP contribution in [0.3, 0.4) is 0 Å². The van der Waals surface area contributed by atoms with Gasteiger partial charge in [-0.1, -0.05) is 32.1 Å². The van der Waals surface area contributed by atoms with Crippen molar-refractivity contribution >= 4 is 16.1 Å². The third-order valence-electron chi connectivity index (χ3n) is 7.46. The summed E-state index contributed by atoms with van der Waals surface area (Å²) in [6.07, 6.45) is 5.86. The number of aromatic nitrogens is 1. The van der Waals surface area contributed by atoms with E-state index in [-0.39, 0.29) is 48.3 Å². The summed E-state index contributed by atoms with van der Waals surface area (Å²) in [5, 5.41) is 13.0. The van der Waals surface area contributed by atoms with Crippen LogP contribution in [0.25, 0.3) is 0 Å². The molecule has 216 valence electrons. The number of carbonyl (C=O) groups excluding carboxylic acids is 1. The Bertz CT molecular complexity index is 1350. The molecule has 0 radical (unpaired) electrons. The van der Waals surface area contributed by atoms with Crippen LogP contribution in [0.5, 0.6) is 5.75 Å². The van der Waals surface area contributed by atoms with Crippen LogP contribution in [0.15, 0.2) is 41.4 Å². The van der Waals surface area contributed by atoms with E-state index in [1.165, 1.54) is 28.9 Å². The Hall–Kier alpha value is -3.20. The lowest BCUT2D eigenvalue weighted by molar-refractivity contribution is 0.0806. The predicted octanol–water partition coefficient (Wildman–Crippen LogP) is 3.36. The van der Waals surface area contributed by atoms with Crippen molar-refractivity contribution in [2.75, 3.05) is 26.7 Å². The minimum atomic E-state index is -4.01. The molecule has 9 nitrogen and oxygen atoms in total. The van der Waals surface area contributed by atoms with E-state index in [4.69, 9.17) is 4.74 Å². The number of likely N-dealkylation sites (N-methyl/N-ethyl adjacent to an activating group) is 1. The Morgan fingerprint density at radius 3 is 2.67 bits per heavy atom. The molecule has 1 aliphatic heterocycles. The van der Waals surface area contributed by atoms with Gasteiger partial charge in [0.15, 0.2) is 0 Å². The van der Waals surface area contributed by atoms with Crippen LogP contribution >= 0.6 is 0 Å². The number of halogens is 1. The van der Waals surface area contributed by atoms with Crippen molar-refractivity contribution in [3.63, 3.8) is 0 Å². The zero-order valence-electron chi connectivity index (χ0n) is 23.1. The smallest absolute Gasteiger partial charge is 0.317 e. The summed E-state index contributed by atoms with van der Waals surface area (Å²) in [6.45, 7) is 3.53. The van der Waals surface area contributed by atoms with Gasteiger partial charge >= 0.3 is 6.03 Å². The molecular formula is C29H37FN4O5S. The fourth-order valence-corrected chi connectivity index (χ4v) is 6.82. The highest BCUT2D eigenvalue weighted by molar-refractivity contribution is 7.89. The molecule has 1 aromatic carbocycles. The average molecular weight is 573 g/mol. The molecule has 0 saturated heterocycles. The molecule has 0 bridgehead atoms. The van der Waals surface area contributed by atoms with Gasteiger partial charge in [-0.3, -0.25) is 0 Å². The number of urea groups is 1. The van der Waals surface area contributed by atoms with E-state index in [1.54, 1.807) is 31.0 Å². The average Bonchev–Trinajstić information content (AvgIpc) is 2.94. The molecule has 1 aromatic heterocycles. The molecule has 0 unspecified atom stereocenters. The monoisotopic (exact) mass is 572 g/mol. The van der Waals surface area contributed by atoms with E-state index in [1.807, 2.05) is 6.92 Å². The number of nitrogens with zero attached hydrogens (tertiary/aromatic N) is 3. The zero-order chi connectivity index (χ0) is 28.9. The Labute approximate surface area is 235 Å². The van der Waals surface area contributed by atoms with Gasteiger partial charge in [-0.05, 0) is 56.0 Å². The van der Waals surface area contributed by atoms with Gasteiger partial charge in [0.25, 0.3) is 0 Å². The standard InChI is InChI=1S/C29H37FN4O5S/c1-20-17-34(21(2)19-35)40(37,38)28-14-10-22(9-12-24-13-11-23(30)16-31-24)15-26(28)39-27(20)18-33(3)29(36)32-25-7-5-4-6-8-25/h10-11,13-16,20-21,25,27,35H,4-8,17-19H2,1-3H3,(H,32,36)/t20-,21+,27+/m1/s1. The number of carbonyl (C=O) groups is 1. The first-order valence-electron chi connectivity index (χ1n) is 13.7. The van der Waals surface area contributed by atoms with Gasteiger partial charge in [-0.15, -0.1) is 0 Å². The number of sulfonamides is 1. The van der Waals surface area contributed by atoms with E-state index in [2.05, 4.69) is 22.1 Å². The highest BCUT2D eigenvalue weighted by Crippen LogP contribution is 2.34. The number of pyridine rings is 1. The largest absolute Gasteiger partial charge is 0.487 e. The van der Waals surface area contributed by atoms with Crippen molar-refractivity contribution in [2.24, 2.45) is 5.92 Å². The van der Waals surface area contributed by atoms with E-state index in [0.717, 1.165) is 31.9 Å². The number of aliphatic hydroxyl groups is 1. The highest BCUT2D eigenvalue weighted by Gasteiger charge is 2.38. The van der Waals surface area contributed by atoms with Crippen LogP contribution in [0.4, 0.5) is 9.18 Å².